The normalized spacial score (nSPS) is 30.6. The molecule has 0 bridgehead atoms. The average Bonchev–Trinajstić information content (AvgIpc) is 3.15. The van der Waals surface area contributed by atoms with Crippen molar-refractivity contribution in [3.8, 4) is 0 Å². The topological polar surface area (TPSA) is 61.8 Å². The molecule has 112 valence electrons. The molecular formula is C14H23N3O2S. The Morgan fingerprint density at radius 2 is 2.05 bits per heavy atom. The van der Waals surface area contributed by atoms with Gasteiger partial charge < -0.3 is 4.90 Å². The molecule has 2 atom stereocenters. The fraction of sp³-hybridized carbons (Fsp3) is 0.786. The molecule has 1 aliphatic carbocycles. The Morgan fingerprint density at radius 1 is 1.35 bits per heavy atom. The number of rotatable bonds is 4. The Labute approximate surface area is 121 Å². The van der Waals surface area contributed by atoms with Crippen LogP contribution in [-0.2, 0) is 10.0 Å². The molecule has 0 aromatic rings. The van der Waals surface area contributed by atoms with E-state index in [0.717, 1.165) is 31.6 Å². The number of fused-ring (bicyclic) bond motifs is 1. The Morgan fingerprint density at radius 3 is 2.70 bits per heavy atom. The monoisotopic (exact) mass is 297 g/mol. The SMILES string of the molecule is CC1=N[C@@H](C)C(C)=C2C[C@@H](CNS(=O)(=O)C3CC3)CN12. The number of hydrogen-bond donors (Lipinski definition) is 1. The molecule has 3 rings (SSSR count). The molecule has 2 fully saturated rings. The summed E-state index contributed by atoms with van der Waals surface area (Å²) in [6, 6.07) is 0.253. The molecule has 0 radical (unpaired) electrons. The lowest BCUT2D eigenvalue weighted by Crippen LogP contribution is -2.35. The number of nitrogens with one attached hydrogen (secondary N) is 1. The largest absolute Gasteiger partial charge is 0.334 e. The molecule has 0 aromatic carbocycles. The summed E-state index contributed by atoms with van der Waals surface area (Å²) in [6.07, 6.45) is 2.59. The first kappa shape index (κ1) is 14.1. The van der Waals surface area contributed by atoms with E-state index >= 15 is 0 Å². The third kappa shape index (κ3) is 2.51. The van der Waals surface area contributed by atoms with E-state index < -0.39 is 10.0 Å². The Hall–Kier alpha value is -0.880. The zero-order valence-corrected chi connectivity index (χ0v) is 13.2. The van der Waals surface area contributed by atoms with E-state index in [4.69, 9.17) is 0 Å². The van der Waals surface area contributed by atoms with E-state index in [0.29, 0.717) is 12.5 Å². The minimum Gasteiger partial charge on any atom is -0.334 e. The summed E-state index contributed by atoms with van der Waals surface area (Å²) in [5.41, 5.74) is 2.67. The zero-order valence-electron chi connectivity index (χ0n) is 12.4. The minimum absolute atomic E-state index is 0.129. The number of hydrogen-bond acceptors (Lipinski definition) is 4. The van der Waals surface area contributed by atoms with Crippen molar-refractivity contribution >= 4 is 15.9 Å². The van der Waals surface area contributed by atoms with Gasteiger partial charge in [0, 0.05) is 18.8 Å². The summed E-state index contributed by atoms with van der Waals surface area (Å²) in [4.78, 5) is 6.89. The molecule has 1 saturated heterocycles. The lowest BCUT2D eigenvalue weighted by Gasteiger charge is -2.28. The van der Waals surface area contributed by atoms with E-state index in [2.05, 4.69) is 28.5 Å². The van der Waals surface area contributed by atoms with Gasteiger partial charge in [0.05, 0.1) is 11.3 Å². The second-order valence-corrected chi connectivity index (χ2v) is 8.30. The van der Waals surface area contributed by atoms with E-state index in [9.17, 15) is 8.42 Å². The standard InChI is InChI=1S/C14H23N3O2S/c1-9-10(2)16-11(3)17-8-12(6-14(9)17)7-15-20(18,19)13-4-5-13/h10,12-13,15H,4-8H2,1-3H3/t10-,12-/m0/s1. The first-order chi connectivity index (χ1) is 9.38. The average molecular weight is 297 g/mol. The molecule has 5 nitrogen and oxygen atoms in total. The van der Waals surface area contributed by atoms with Crippen molar-refractivity contribution in [2.75, 3.05) is 13.1 Å². The van der Waals surface area contributed by atoms with Crippen LogP contribution >= 0.6 is 0 Å². The van der Waals surface area contributed by atoms with Gasteiger partial charge in [0.1, 0.15) is 5.84 Å². The molecule has 1 saturated carbocycles. The summed E-state index contributed by atoms with van der Waals surface area (Å²) in [5.74, 6) is 1.41. The van der Waals surface area contributed by atoms with Crippen LogP contribution in [0, 0.1) is 5.92 Å². The summed E-state index contributed by atoms with van der Waals surface area (Å²) in [6.45, 7) is 7.72. The first-order valence-electron chi connectivity index (χ1n) is 7.38. The molecule has 3 aliphatic rings. The highest BCUT2D eigenvalue weighted by molar-refractivity contribution is 7.90. The van der Waals surface area contributed by atoms with E-state index in [1.807, 2.05) is 6.92 Å². The molecule has 2 aliphatic heterocycles. The fourth-order valence-electron chi connectivity index (χ4n) is 3.07. The van der Waals surface area contributed by atoms with Gasteiger partial charge in [-0.05, 0) is 51.5 Å². The molecule has 0 unspecified atom stereocenters. The summed E-state index contributed by atoms with van der Waals surface area (Å²) in [5, 5.41) is -0.129. The number of allylic oxidation sites excluding steroid dienone is 1. The van der Waals surface area contributed by atoms with Crippen LogP contribution in [0.1, 0.15) is 40.0 Å². The van der Waals surface area contributed by atoms with Crippen LogP contribution in [0.3, 0.4) is 0 Å². The van der Waals surface area contributed by atoms with Crippen molar-refractivity contribution in [3.63, 3.8) is 0 Å². The van der Waals surface area contributed by atoms with Crippen molar-refractivity contribution < 1.29 is 8.42 Å². The maximum Gasteiger partial charge on any atom is 0.214 e. The molecule has 0 aromatic heterocycles. The van der Waals surface area contributed by atoms with Crippen LogP contribution < -0.4 is 4.72 Å². The Kier molecular flexibility index (Phi) is 3.41. The van der Waals surface area contributed by atoms with Crippen molar-refractivity contribution in [1.82, 2.24) is 9.62 Å². The molecule has 1 N–H and O–H groups in total. The highest BCUT2D eigenvalue weighted by atomic mass is 32.2. The van der Waals surface area contributed by atoms with Crippen molar-refractivity contribution in [2.24, 2.45) is 10.9 Å². The lowest BCUT2D eigenvalue weighted by molar-refractivity contribution is 0.479. The smallest absolute Gasteiger partial charge is 0.214 e. The van der Waals surface area contributed by atoms with E-state index in [-0.39, 0.29) is 11.3 Å². The number of sulfonamides is 1. The van der Waals surface area contributed by atoms with Crippen LogP contribution in [0.2, 0.25) is 0 Å². The predicted molar refractivity (Wildman–Crippen MR) is 80.0 cm³/mol. The number of amidine groups is 1. The van der Waals surface area contributed by atoms with Crippen molar-refractivity contribution in [3.05, 3.63) is 11.3 Å². The van der Waals surface area contributed by atoms with Crippen molar-refractivity contribution in [1.29, 1.82) is 0 Å². The fourth-order valence-corrected chi connectivity index (χ4v) is 4.53. The van der Waals surface area contributed by atoms with Gasteiger partial charge in [-0.2, -0.15) is 0 Å². The van der Waals surface area contributed by atoms with Crippen LogP contribution in [0.5, 0.6) is 0 Å². The molecule has 0 spiro atoms. The van der Waals surface area contributed by atoms with Gasteiger partial charge in [0.2, 0.25) is 10.0 Å². The quantitative estimate of drug-likeness (QED) is 0.855. The van der Waals surface area contributed by atoms with Crippen LogP contribution in [0.25, 0.3) is 0 Å². The highest BCUT2D eigenvalue weighted by Gasteiger charge is 2.37. The van der Waals surface area contributed by atoms with Crippen LogP contribution in [-0.4, -0.2) is 43.5 Å². The number of aliphatic imine (C=N–C) groups is 1. The van der Waals surface area contributed by atoms with Gasteiger partial charge in [-0.25, -0.2) is 13.1 Å². The second kappa shape index (κ2) is 4.84. The Bertz CT molecular complexity index is 575. The van der Waals surface area contributed by atoms with Crippen LogP contribution in [0.4, 0.5) is 0 Å². The summed E-state index contributed by atoms with van der Waals surface area (Å²) in [7, 11) is -3.06. The highest BCUT2D eigenvalue weighted by Crippen LogP contribution is 2.34. The van der Waals surface area contributed by atoms with Gasteiger partial charge in [-0.3, -0.25) is 4.99 Å². The maximum absolute atomic E-state index is 11.9. The van der Waals surface area contributed by atoms with Gasteiger partial charge >= 0.3 is 0 Å². The first-order valence-corrected chi connectivity index (χ1v) is 8.93. The second-order valence-electron chi connectivity index (χ2n) is 6.26. The molecule has 20 heavy (non-hydrogen) atoms. The summed E-state index contributed by atoms with van der Waals surface area (Å²) < 4.78 is 26.6. The van der Waals surface area contributed by atoms with Gasteiger partial charge in [0.25, 0.3) is 0 Å². The molecule has 0 amide bonds. The van der Waals surface area contributed by atoms with E-state index in [1.54, 1.807) is 0 Å². The molecular weight excluding hydrogens is 274 g/mol. The third-order valence-electron chi connectivity index (χ3n) is 4.64. The predicted octanol–water partition coefficient (Wildman–Crippen LogP) is 1.48. The number of nitrogens with zero attached hydrogens (tertiary/aromatic N) is 2. The van der Waals surface area contributed by atoms with Gasteiger partial charge in [0.15, 0.2) is 0 Å². The van der Waals surface area contributed by atoms with Crippen LogP contribution in [0.15, 0.2) is 16.3 Å². The Balaban J connectivity index is 1.66. The maximum atomic E-state index is 11.9. The minimum atomic E-state index is -3.06. The summed E-state index contributed by atoms with van der Waals surface area (Å²) >= 11 is 0. The molecule has 2 heterocycles. The third-order valence-corrected chi connectivity index (χ3v) is 6.56. The lowest BCUT2D eigenvalue weighted by atomic mass is 10.0. The van der Waals surface area contributed by atoms with Gasteiger partial charge in [-0.15, -0.1) is 0 Å². The van der Waals surface area contributed by atoms with Gasteiger partial charge in [-0.1, -0.05) is 0 Å². The van der Waals surface area contributed by atoms with Crippen molar-refractivity contribution in [2.45, 2.75) is 51.3 Å². The molecule has 6 heteroatoms. The zero-order chi connectivity index (χ0) is 14.5. The van der Waals surface area contributed by atoms with E-state index in [1.165, 1.54) is 11.3 Å².